The molecule has 0 fully saturated rings. The van der Waals surface area contributed by atoms with Gasteiger partial charge in [-0.25, -0.2) is 9.78 Å². The van der Waals surface area contributed by atoms with Crippen LogP contribution in [0, 0.1) is 6.92 Å². The van der Waals surface area contributed by atoms with Gasteiger partial charge in [-0.1, -0.05) is 12.2 Å². The first-order chi connectivity index (χ1) is 8.16. The minimum absolute atomic E-state index is 0.263. The molecular formula is C13H16N2O2. The Morgan fingerprint density at radius 3 is 2.88 bits per heavy atom. The Labute approximate surface area is 100 Å². The molecule has 0 spiro atoms. The number of pyridine rings is 1. The van der Waals surface area contributed by atoms with E-state index in [2.05, 4.69) is 22.5 Å². The van der Waals surface area contributed by atoms with E-state index in [1.165, 1.54) is 0 Å². The van der Waals surface area contributed by atoms with E-state index in [1.54, 1.807) is 19.1 Å². The molecule has 4 nitrogen and oxygen atoms in total. The summed E-state index contributed by atoms with van der Waals surface area (Å²) in [7, 11) is 0. The summed E-state index contributed by atoms with van der Waals surface area (Å²) in [6, 6.07) is 3.74. The molecule has 0 saturated heterocycles. The molecule has 1 unspecified atom stereocenters. The third-order valence-corrected chi connectivity index (χ3v) is 2.94. The molecule has 17 heavy (non-hydrogen) atoms. The molecule has 4 heteroatoms. The van der Waals surface area contributed by atoms with Crippen LogP contribution in [0.4, 0.5) is 5.82 Å². The van der Waals surface area contributed by atoms with Gasteiger partial charge in [0.15, 0.2) is 0 Å². The van der Waals surface area contributed by atoms with E-state index in [0.717, 1.165) is 25.1 Å². The number of hydrogen-bond acceptors (Lipinski definition) is 3. The number of aryl methyl sites for hydroxylation is 1. The Balaban J connectivity index is 2.09. The van der Waals surface area contributed by atoms with Crippen LogP contribution in [0.3, 0.4) is 0 Å². The van der Waals surface area contributed by atoms with E-state index in [9.17, 15) is 4.79 Å². The highest BCUT2D eigenvalue weighted by Gasteiger charge is 2.12. The van der Waals surface area contributed by atoms with Crippen LogP contribution in [0.25, 0.3) is 0 Å². The van der Waals surface area contributed by atoms with Crippen molar-refractivity contribution in [3.63, 3.8) is 0 Å². The van der Waals surface area contributed by atoms with Gasteiger partial charge in [0.2, 0.25) is 0 Å². The average molecular weight is 232 g/mol. The van der Waals surface area contributed by atoms with Gasteiger partial charge in [-0.2, -0.15) is 0 Å². The molecule has 1 aromatic rings. The fourth-order valence-electron chi connectivity index (χ4n) is 2.00. The molecule has 1 aliphatic rings. The second-order valence-electron chi connectivity index (χ2n) is 4.26. The van der Waals surface area contributed by atoms with Crippen molar-refractivity contribution in [2.45, 2.75) is 32.2 Å². The van der Waals surface area contributed by atoms with Crippen molar-refractivity contribution in [1.29, 1.82) is 0 Å². The van der Waals surface area contributed by atoms with E-state index in [0.29, 0.717) is 11.7 Å². The molecule has 1 aliphatic carbocycles. The van der Waals surface area contributed by atoms with Gasteiger partial charge in [-0.3, -0.25) is 0 Å². The van der Waals surface area contributed by atoms with Gasteiger partial charge < -0.3 is 10.4 Å². The van der Waals surface area contributed by atoms with Crippen molar-refractivity contribution in [3.8, 4) is 0 Å². The van der Waals surface area contributed by atoms with Gasteiger partial charge in [-0.05, 0) is 38.3 Å². The Bertz CT molecular complexity index is 455. The van der Waals surface area contributed by atoms with Crippen molar-refractivity contribution in [2.24, 2.45) is 0 Å². The zero-order valence-corrected chi connectivity index (χ0v) is 9.81. The minimum Gasteiger partial charge on any atom is -0.478 e. The molecule has 0 amide bonds. The number of anilines is 1. The van der Waals surface area contributed by atoms with E-state index >= 15 is 0 Å². The Morgan fingerprint density at radius 2 is 2.29 bits per heavy atom. The van der Waals surface area contributed by atoms with E-state index in [-0.39, 0.29) is 5.56 Å². The lowest BCUT2D eigenvalue weighted by Gasteiger charge is -2.20. The highest BCUT2D eigenvalue weighted by Crippen LogP contribution is 2.17. The largest absolute Gasteiger partial charge is 0.478 e. The molecule has 1 aromatic heterocycles. The van der Waals surface area contributed by atoms with E-state index < -0.39 is 5.97 Å². The molecule has 0 saturated carbocycles. The fraction of sp³-hybridized carbons (Fsp3) is 0.385. The third-order valence-electron chi connectivity index (χ3n) is 2.94. The number of nitrogens with zero attached hydrogens (tertiary/aromatic N) is 1. The van der Waals surface area contributed by atoms with Gasteiger partial charge in [0, 0.05) is 6.04 Å². The lowest BCUT2D eigenvalue weighted by atomic mass is 10.0. The van der Waals surface area contributed by atoms with Gasteiger partial charge >= 0.3 is 5.97 Å². The number of nitrogens with one attached hydrogen (secondary N) is 1. The lowest BCUT2D eigenvalue weighted by molar-refractivity contribution is 0.0695. The van der Waals surface area contributed by atoms with Gasteiger partial charge in [0.05, 0.1) is 11.3 Å². The van der Waals surface area contributed by atoms with Crippen LogP contribution in [0.5, 0.6) is 0 Å². The number of carbonyl (C=O) groups is 1. The Kier molecular flexibility index (Phi) is 3.42. The zero-order valence-electron chi connectivity index (χ0n) is 9.81. The highest BCUT2D eigenvalue weighted by atomic mass is 16.4. The summed E-state index contributed by atoms with van der Waals surface area (Å²) in [5, 5.41) is 12.2. The first kappa shape index (κ1) is 11.6. The van der Waals surface area contributed by atoms with Crippen molar-refractivity contribution in [1.82, 2.24) is 4.98 Å². The number of allylic oxidation sites excluding steroid dienone is 1. The van der Waals surface area contributed by atoms with Gasteiger partial charge in [0.1, 0.15) is 5.82 Å². The normalized spacial score (nSPS) is 19.0. The van der Waals surface area contributed by atoms with Crippen LogP contribution in [0.15, 0.2) is 24.3 Å². The molecule has 0 radical (unpaired) electrons. The highest BCUT2D eigenvalue weighted by molar-refractivity contribution is 5.89. The van der Waals surface area contributed by atoms with Crippen LogP contribution < -0.4 is 5.32 Å². The monoisotopic (exact) mass is 232 g/mol. The summed E-state index contributed by atoms with van der Waals surface area (Å²) in [5.74, 6) is -0.171. The summed E-state index contributed by atoms with van der Waals surface area (Å²) in [5.41, 5.74) is 0.813. The molecular weight excluding hydrogens is 216 g/mol. The van der Waals surface area contributed by atoms with Crippen LogP contribution in [-0.2, 0) is 0 Å². The summed E-state index contributed by atoms with van der Waals surface area (Å²) in [4.78, 5) is 15.1. The SMILES string of the molecule is Cc1nc(NC2CC=CCC2)ccc1C(=O)O. The maximum Gasteiger partial charge on any atom is 0.337 e. The van der Waals surface area contributed by atoms with E-state index in [1.807, 2.05) is 0 Å². The molecule has 1 atom stereocenters. The number of hydrogen-bond donors (Lipinski definition) is 2. The summed E-state index contributed by atoms with van der Waals surface area (Å²) >= 11 is 0. The second-order valence-corrected chi connectivity index (χ2v) is 4.26. The molecule has 2 N–H and O–H groups in total. The van der Waals surface area contributed by atoms with Crippen LogP contribution in [-0.4, -0.2) is 22.1 Å². The van der Waals surface area contributed by atoms with Crippen molar-refractivity contribution in [2.75, 3.05) is 5.32 Å². The topological polar surface area (TPSA) is 62.2 Å². The van der Waals surface area contributed by atoms with Crippen LogP contribution in [0.2, 0.25) is 0 Å². The van der Waals surface area contributed by atoms with E-state index in [4.69, 9.17) is 5.11 Å². The summed E-state index contributed by atoms with van der Waals surface area (Å²) in [6.07, 6.45) is 7.53. The third kappa shape index (κ3) is 2.84. The average Bonchev–Trinajstić information content (AvgIpc) is 2.30. The molecule has 0 aromatic carbocycles. The van der Waals surface area contributed by atoms with Crippen molar-refractivity contribution >= 4 is 11.8 Å². The summed E-state index contributed by atoms with van der Waals surface area (Å²) in [6.45, 7) is 1.72. The van der Waals surface area contributed by atoms with Gasteiger partial charge in [-0.15, -0.1) is 0 Å². The maximum absolute atomic E-state index is 10.9. The first-order valence-corrected chi connectivity index (χ1v) is 5.79. The zero-order chi connectivity index (χ0) is 12.3. The summed E-state index contributed by atoms with van der Waals surface area (Å²) < 4.78 is 0. The Hall–Kier alpha value is -1.84. The Morgan fingerprint density at radius 1 is 1.47 bits per heavy atom. The number of aromatic nitrogens is 1. The smallest absolute Gasteiger partial charge is 0.337 e. The standard InChI is InChI=1S/C13H16N2O2/c1-9-11(13(16)17)7-8-12(14-9)15-10-5-3-2-4-6-10/h2-3,7-8,10H,4-6H2,1H3,(H,14,15)(H,16,17). The second kappa shape index (κ2) is 4.99. The first-order valence-electron chi connectivity index (χ1n) is 5.79. The number of rotatable bonds is 3. The quantitative estimate of drug-likeness (QED) is 0.786. The number of carboxylic acids is 1. The van der Waals surface area contributed by atoms with Crippen molar-refractivity contribution in [3.05, 3.63) is 35.5 Å². The molecule has 0 aliphatic heterocycles. The number of carboxylic acid groups (broad SMARTS) is 1. The maximum atomic E-state index is 10.9. The minimum atomic E-state index is -0.929. The predicted molar refractivity (Wildman–Crippen MR) is 66.3 cm³/mol. The van der Waals surface area contributed by atoms with Crippen LogP contribution >= 0.6 is 0 Å². The molecule has 0 bridgehead atoms. The lowest BCUT2D eigenvalue weighted by Crippen LogP contribution is -2.21. The van der Waals surface area contributed by atoms with Crippen LogP contribution in [0.1, 0.15) is 35.3 Å². The van der Waals surface area contributed by atoms with Crippen molar-refractivity contribution < 1.29 is 9.90 Å². The molecule has 90 valence electrons. The predicted octanol–water partition coefficient (Wildman–Crippen LogP) is 2.61. The van der Waals surface area contributed by atoms with Gasteiger partial charge in [0.25, 0.3) is 0 Å². The fourth-order valence-corrected chi connectivity index (χ4v) is 2.00. The number of aromatic carboxylic acids is 1. The molecule has 1 heterocycles. The molecule has 2 rings (SSSR count).